The van der Waals surface area contributed by atoms with Crippen molar-refractivity contribution >= 4 is 6.29 Å². The van der Waals surface area contributed by atoms with Gasteiger partial charge in [-0.15, -0.1) is 0 Å². The number of aromatic nitrogens is 1. The number of benzene rings is 1. The summed E-state index contributed by atoms with van der Waals surface area (Å²) in [5.41, 5.74) is 2.54. The summed E-state index contributed by atoms with van der Waals surface area (Å²) in [5.74, 6) is -0.333. The van der Waals surface area contributed by atoms with E-state index in [4.69, 9.17) is 0 Å². The van der Waals surface area contributed by atoms with Gasteiger partial charge in [0.05, 0.1) is 0 Å². The molecule has 0 spiro atoms. The average Bonchev–Trinajstić information content (AvgIpc) is 2.31. The Bertz CT molecular complexity index is 537. The van der Waals surface area contributed by atoms with E-state index in [0.29, 0.717) is 17.4 Å². The zero-order valence-electron chi connectivity index (χ0n) is 8.77. The van der Waals surface area contributed by atoms with Crippen LogP contribution in [-0.4, -0.2) is 11.3 Å². The Labute approximate surface area is 92.8 Å². The molecule has 1 aromatic heterocycles. The van der Waals surface area contributed by atoms with E-state index in [0.717, 1.165) is 11.1 Å². The molecule has 0 saturated carbocycles. The van der Waals surface area contributed by atoms with Gasteiger partial charge in [0.25, 0.3) is 0 Å². The van der Waals surface area contributed by atoms with Crippen LogP contribution in [0.1, 0.15) is 15.9 Å². The van der Waals surface area contributed by atoms with Gasteiger partial charge in [-0.1, -0.05) is 0 Å². The minimum Gasteiger partial charge on any atom is -0.298 e. The summed E-state index contributed by atoms with van der Waals surface area (Å²) in [6, 6.07) is 6.05. The number of aryl methyl sites for hydroxylation is 1. The summed E-state index contributed by atoms with van der Waals surface area (Å²) in [5, 5.41) is 0. The first-order chi connectivity index (χ1) is 7.72. The molecule has 3 heteroatoms. The molecule has 0 aliphatic heterocycles. The number of aldehydes is 1. The van der Waals surface area contributed by atoms with Gasteiger partial charge < -0.3 is 0 Å². The molecule has 1 aromatic carbocycles. The van der Waals surface area contributed by atoms with E-state index < -0.39 is 0 Å². The number of carbonyl (C=O) groups excluding carboxylic acids is 1. The molecule has 80 valence electrons. The largest absolute Gasteiger partial charge is 0.298 e. The maximum atomic E-state index is 13.6. The molecule has 0 saturated heterocycles. The molecular formula is C13H10FNO. The highest BCUT2D eigenvalue weighted by Crippen LogP contribution is 2.25. The van der Waals surface area contributed by atoms with Crippen molar-refractivity contribution < 1.29 is 9.18 Å². The molecule has 1 heterocycles. The molecule has 0 radical (unpaired) electrons. The predicted octanol–water partition coefficient (Wildman–Crippen LogP) is 3.01. The van der Waals surface area contributed by atoms with E-state index in [9.17, 15) is 9.18 Å². The second-order valence-electron chi connectivity index (χ2n) is 3.55. The third-order valence-corrected chi connectivity index (χ3v) is 2.44. The highest BCUT2D eigenvalue weighted by atomic mass is 19.1. The van der Waals surface area contributed by atoms with Crippen LogP contribution >= 0.6 is 0 Å². The fourth-order valence-corrected chi connectivity index (χ4v) is 1.60. The van der Waals surface area contributed by atoms with Crippen LogP contribution in [0.5, 0.6) is 0 Å². The summed E-state index contributed by atoms with van der Waals surface area (Å²) in [6.07, 6.45) is 3.98. The lowest BCUT2D eigenvalue weighted by Crippen LogP contribution is -1.91. The van der Waals surface area contributed by atoms with Crippen molar-refractivity contribution in [2.24, 2.45) is 0 Å². The molecule has 0 fully saturated rings. The van der Waals surface area contributed by atoms with E-state index in [1.54, 1.807) is 24.5 Å². The molecule has 2 nitrogen and oxygen atoms in total. The fraction of sp³-hybridized carbons (Fsp3) is 0.0769. The van der Waals surface area contributed by atoms with Gasteiger partial charge in [-0.25, -0.2) is 4.39 Å². The van der Waals surface area contributed by atoms with Crippen molar-refractivity contribution in [1.29, 1.82) is 0 Å². The molecule has 0 aliphatic carbocycles. The monoisotopic (exact) mass is 215 g/mol. The molecule has 0 bridgehead atoms. The summed E-state index contributed by atoms with van der Waals surface area (Å²) >= 11 is 0. The van der Waals surface area contributed by atoms with Crippen LogP contribution in [0.25, 0.3) is 11.1 Å². The molecule has 0 N–H and O–H groups in total. The number of nitrogens with zero attached hydrogens (tertiary/aromatic N) is 1. The lowest BCUT2D eigenvalue weighted by Gasteiger charge is -2.06. The lowest BCUT2D eigenvalue weighted by atomic mass is 10.0. The number of hydrogen-bond acceptors (Lipinski definition) is 2. The molecule has 0 amide bonds. The van der Waals surface area contributed by atoms with Crippen LogP contribution in [0, 0.1) is 12.7 Å². The zero-order chi connectivity index (χ0) is 11.5. The van der Waals surface area contributed by atoms with Crippen molar-refractivity contribution in [2.45, 2.75) is 6.92 Å². The molecule has 0 aliphatic rings. The Morgan fingerprint density at radius 1 is 1.25 bits per heavy atom. The summed E-state index contributed by atoms with van der Waals surface area (Å²) < 4.78 is 13.6. The van der Waals surface area contributed by atoms with Gasteiger partial charge in [-0.05, 0) is 42.3 Å². The third kappa shape index (κ3) is 1.84. The highest BCUT2D eigenvalue weighted by Gasteiger charge is 2.08. The van der Waals surface area contributed by atoms with Crippen molar-refractivity contribution in [3.05, 3.63) is 53.6 Å². The average molecular weight is 215 g/mol. The van der Waals surface area contributed by atoms with E-state index in [-0.39, 0.29) is 5.82 Å². The van der Waals surface area contributed by atoms with Crippen molar-refractivity contribution in [3.8, 4) is 11.1 Å². The lowest BCUT2D eigenvalue weighted by molar-refractivity contribution is 0.112. The minimum absolute atomic E-state index is 0.333. The minimum atomic E-state index is -0.333. The Morgan fingerprint density at radius 2 is 2.06 bits per heavy atom. The number of hydrogen-bond donors (Lipinski definition) is 0. The van der Waals surface area contributed by atoms with Crippen molar-refractivity contribution in [2.75, 3.05) is 0 Å². The standard InChI is InChI=1S/C13H10FNO/c1-9-7-15-5-4-11(9)12-6-10(8-16)2-3-13(12)14/h2-8H,1H3. The first-order valence-electron chi connectivity index (χ1n) is 4.88. The first kappa shape index (κ1) is 10.5. The summed E-state index contributed by atoms with van der Waals surface area (Å²) in [7, 11) is 0. The Hall–Kier alpha value is -2.03. The van der Waals surface area contributed by atoms with Gasteiger partial charge in [-0.3, -0.25) is 9.78 Å². The number of pyridine rings is 1. The highest BCUT2D eigenvalue weighted by molar-refractivity contribution is 5.79. The molecule has 0 atom stereocenters. The van der Waals surface area contributed by atoms with Crippen LogP contribution in [0.3, 0.4) is 0 Å². The Balaban J connectivity index is 2.63. The van der Waals surface area contributed by atoms with Gasteiger partial charge >= 0.3 is 0 Å². The van der Waals surface area contributed by atoms with Gasteiger partial charge in [-0.2, -0.15) is 0 Å². The maximum Gasteiger partial charge on any atom is 0.150 e. The quantitative estimate of drug-likeness (QED) is 0.721. The van der Waals surface area contributed by atoms with Gasteiger partial charge in [0.2, 0.25) is 0 Å². The second kappa shape index (κ2) is 4.23. The van der Waals surface area contributed by atoms with E-state index in [2.05, 4.69) is 4.98 Å². The molecule has 16 heavy (non-hydrogen) atoms. The summed E-state index contributed by atoms with van der Waals surface area (Å²) in [4.78, 5) is 14.6. The van der Waals surface area contributed by atoms with E-state index >= 15 is 0 Å². The second-order valence-corrected chi connectivity index (χ2v) is 3.55. The molecule has 0 unspecified atom stereocenters. The number of rotatable bonds is 2. The topological polar surface area (TPSA) is 30.0 Å². The van der Waals surface area contributed by atoms with Crippen LogP contribution in [0.15, 0.2) is 36.7 Å². The van der Waals surface area contributed by atoms with Gasteiger partial charge in [0.1, 0.15) is 12.1 Å². The molecular weight excluding hydrogens is 205 g/mol. The van der Waals surface area contributed by atoms with Crippen LogP contribution < -0.4 is 0 Å². The fourth-order valence-electron chi connectivity index (χ4n) is 1.60. The Kier molecular flexibility index (Phi) is 2.77. The van der Waals surface area contributed by atoms with Crippen molar-refractivity contribution in [1.82, 2.24) is 4.98 Å². The maximum absolute atomic E-state index is 13.6. The molecule has 2 aromatic rings. The van der Waals surface area contributed by atoms with Crippen LogP contribution in [0.2, 0.25) is 0 Å². The van der Waals surface area contributed by atoms with Gasteiger partial charge in [0.15, 0.2) is 0 Å². The third-order valence-electron chi connectivity index (χ3n) is 2.44. The van der Waals surface area contributed by atoms with Crippen molar-refractivity contribution in [3.63, 3.8) is 0 Å². The summed E-state index contributed by atoms with van der Waals surface area (Å²) in [6.45, 7) is 1.86. The Morgan fingerprint density at radius 3 is 2.75 bits per heavy atom. The van der Waals surface area contributed by atoms with E-state index in [1.807, 2.05) is 6.92 Å². The normalized spacial score (nSPS) is 10.1. The SMILES string of the molecule is Cc1cnccc1-c1cc(C=O)ccc1F. The number of halogens is 1. The predicted molar refractivity (Wildman–Crippen MR) is 59.8 cm³/mol. The first-order valence-corrected chi connectivity index (χ1v) is 4.88. The zero-order valence-corrected chi connectivity index (χ0v) is 8.77. The van der Waals surface area contributed by atoms with E-state index in [1.165, 1.54) is 12.1 Å². The van der Waals surface area contributed by atoms with Gasteiger partial charge in [0, 0.05) is 23.5 Å². The smallest absolute Gasteiger partial charge is 0.150 e. The van der Waals surface area contributed by atoms with Crippen LogP contribution in [0.4, 0.5) is 4.39 Å². The van der Waals surface area contributed by atoms with Crippen LogP contribution in [-0.2, 0) is 0 Å². The molecule has 2 rings (SSSR count). The number of carbonyl (C=O) groups is 1.